The maximum absolute atomic E-state index is 12.8. The smallest absolute Gasteiger partial charge is 0.243 e. The van der Waals surface area contributed by atoms with Crippen molar-refractivity contribution in [2.75, 3.05) is 6.54 Å². The number of carbonyl (C=O) groups excluding carboxylic acids is 1. The summed E-state index contributed by atoms with van der Waals surface area (Å²) in [5.41, 5.74) is 1.03. The molecule has 116 valence electrons. The minimum Gasteiger partial charge on any atom is -0.303 e. The van der Waals surface area contributed by atoms with E-state index in [1.807, 2.05) is 6.92 Å². The quantitative estimate of drug-likeness (QED) is 0.786. The molecule has 5 heteroatoms. The Labute approximate surface area is 127 Å². The number of aldehydes is 1. The first-order valence-corrected chi connectivity index (χ1v) is 8.82. The van der Waals surface area contributed by atoms with Crippen molar-refractivity contribution in [3.05, 3.63) is 29.8 Å². The van der Waals surface area contributed by atoms with Gasteiger partial charge in [0.1, 0.15) is 6.29 Å². The topological polar surface area (TPSA) is 54.5 Å². The Morgan fingerprint density at radius 1 is 1.29 bits per heavy atom. The second-order valence-corrected chi connectivity index (χ2v) is 8.19. The van der Waals surface area contributed by atoms with Gasteiger partial charge in [-0.25, -0.2) is 8.42 Å². The lowest BCUT2D eigenvalue weighted by Crippen LogP contribution is -2.36. The van der Waals surface area contributed by atoms with Crippen molar-refractivity contribution in [2.45, 2.75) is 44.6 Å². The number of aryl methyl sites for hydroxylation is 1. The summed E-state index contributed by atoms with van der Waals surface area (Å²) in [5.74, 6) is 0.213. The molecule has 1 saturated heterocycles. The third-order valence-electron chi connectivity index (χ3n) is 3.96. The number of hydrogen-bond donors (Lipinski definition) is 0. The van der Waals surface area contributed by atoms with Gasteiger partial charge in [0.05, 0.1) is 4.90 Å². The number of benzene rings is 1. The highest BCUT2D eigenvalue weighted by atomic mass is 32.2. The number of nitrogens with zero attached hydrogens (tertiary/aromatic N) is 1. The molecule has 0 aromatic heterocycles. The fraction of sp³-hybridized carbons (Fsp3) is 0.562. The van der Waals surface area contributed by atoms with E-state index >= 15 is 0 Å². The van der Waals surface area contributed by atoms with Crippen molar-refractivity contribution in [3.63, 3.8) is 0 Å². The summed E-state index contributed by atoms with van der Waals surface area (Å²) < 4.78 is 27.1. The summed E-state index contributed by atoms with van der Waals surface area (Å²) in [6.07, 6.45) is 2.31. The van der Waals surface area contributed by atoms with Crippen molar-refractivity contribution in [1.29, 1.82) is 0 Å². The van der Waals surface area contributed by atoms with Gasteiger partial charge in [-0.15, -0.1) is 0 Å². The molecule has 1 aromatic carbocycles. The lowest BCUT2D eigenvalue weighted by molar-refractivity contribution is -0.110. The van der Waals surface area contributed by atoms with E-state index < -0.39 is 10.0 Å². The zero-order valence-electron chi connectivity index (χ0n) is 12.8. The molecule has 0 N–H and O–H groups in total. The van der Waals surface area contributed by atoms with E-state index in [2.05, 4.69) is 13.8 Å². The summed E-state index contributed by atoms with van der Waals surface area (Å²) in [6.45, 7) is 6.38. The number of hydrogen-bond acceptors (Lipinski definition) is 3. The maximum Gasteiger partial charge on any atom is 0.243 e. The highest BCUT2D eigenvalue weighted by molar-refractivity contribution is 7.89. The fourth-order valence-electron chi connectivity index (χ4n) is 2.92. The molecule has 21 heavy (non-hydrogen) atoms. The SMILES string of the molecule is Cc1ccc(S(=O)(=O)N2C[C@@H](C=O)C[C@@H]2CC(C)C)cc1. The van der Waals surface area contributed by atoms with E-state index in [1.54, 1.807) is 24.3 Å². The molecular formula is C16H23NO3S. The predicted molar refractivity (Wildman–Crippen MR) is 82.5 cm³/mol. The zero-order valence-corrected chi connectivity index (χ0v) is 13.6. The van der Waals surface area contributed by atoms with Crippen LogP contribution in [0.5, 0.6) is 0 Å². The lowest BCUT2D eigenvalue weighted by Gasteiger charge is -2.25. The molecule has 4 nitrogen and oxygen atoms in total. The molecule has 0 spiro atoms. The van der Waals surface area contributed by atoms with E-state index in [1.165, 1.54) is 4.31 Å². The summed E-state index contributed by atoms with van der Waals surface area (Å²) >= 11 is 0. The van der Waals surface area contributed by atoms with E-state index in [0.717, 1.165) is 18.3 Å². The molecule has 2 atom stereocenters. The highest BCUT2D eigenvalue weighted by Gasteiger charge is 2.40. The van der Waals surface area contributed by atoms with Crippen LogP contribution in [0.1, 0.15) is 32.3 Å². The molecule has 0 amide bonds. The van der Waals surface area contributed by atoms with Crippen molar-refractivity contribution in [3.8, 4) is 0 Å². The first-order valence-electron chi connectivity index (χ1n) is 7.38. The lowest BCUT2D eigenvalue weighted by atomic mass is 9.99. The second-order valence-electron chi connectivity index (χ2n) is 6.30. The minimum atomic E-state index is -3.52. The second kappa shape index (κ2) is 6.28. The Bertz CT molecular complexity index is 592. The van der Waals surface area contributed by atoms with Gasteiger partial charge >= 0.3 is 0 Å². The van der Waals surface area contributed by atoms with Crippen LogP contribution >= 0.6 is 0 Å². The van der Waals surface area contributed by atoms with Crippen LogP contribution in [-0.4, -0.2) is 31.6 Å². The zero-order chi connectivity index (χ0) is 15.6. The maximum atomic E-state index is 12.8. The van der Waals surface area contributed by atoms with Crippen LogP contribution in [-0.2, 0) is 14.8 Å². The molecule has 0 bridgehead atoms. The Kier molecular flexibility index (Phi) is 4.84. The van der Waals surface area contributed by atoms with Crippen molar-refractivity contribution >= 4 is 16.3 Å². The van der Waals surface area contributed by atoms with Gasteiger partial charge in [-0.1, -0.05) is 31.5 Å². The molecule has 0 saturated carbocycles. The van der Waals surface area contributed by atoms with Crippen LogP contribution in [0.4, 0.5) is 0 Å². The molecule has 2 rings (SSSR count). The molecule has 1 aliphatic heterocycles. The van der Waals surface area contributed by atoms with Crippen LogP contribution in [0.25, 0.3) is 0 Å². The predicted octanol–water partition coefficient (Wildman–Crippen LogP) is 2.62. The van der Waals surface area contributed by atoms with Gasteiger partial charge in [-0.3, -0.25) is 0 Å². The fourth-order valence-corrected chi connectivity index (χ4v) is 4.62. The van der Waals surface area contributed by atoms with Gasteiger partial charge in [0.25, 0.3) is 0 Å². The Morgan fingerprint density at radius 3 is 2.43 bits per heavy atom. The van der Waals surface area contributed by atoms with Gasteiger partial charge in [0.2, 0.25) is 10.0 Å². The summed E-state index contributed by atoms with van der Waals surface area (Å²) in [7, 11) is -3.52. The molecule has 1 heterocycles. The van der Waals surface area contributed by atoms with Crippen LogP contribution in [0, 0.1) is 18.8 Å². The van der Waals surface area contributed by atoms with Crippen molar-refractivity contribution in [2.24, 2.45) is 11.8 Å². The molecule has 1 fully saturated rings. The molecule has 1 aromatic rings. The largest absolute Gasteiger partial charge is 0.303 e. The Balaban J connectivity index is 2.31. The van der Waals surface area contributed by atoms with Crippen LogP contribution < -0.4 is 0 Å². The van der Waals surface area contributed by atoms with Gasteiger partial charge in [0, 0.05) is 18.5 Å². The van der Waals surface area contributed by atoms with Crippen LogP contribution in [0.3, 0.4) is 0 Å². The van der Waals surface area contributed by atoms with Crippen LogP contribution in [0.2, 0.25) is 0 Å². The molecule has 0 unspecified atom stereocenters. The minimum absolute atomic E-state index is 0.0773. The Morgan fingerprint density at radius 2 is 1.90 bits per heavy atom. The van der Waals surface area contributed by atoms with E-state index in [9.17, 15) is 13.2 Å². The molecule has 1 aliphatic rings. The third kappa shape index (κ3) is 3.52. The number of carbonyl (C=O) groups is 1. The Hall–Kier alpha value is -1.20. The van der Waals surface area contributed by atoms with Gasteiger partial charge in [-0.2, -0.15) is 4.31 Å². The van der Waals surface area contributed by atoms with Gasteiger partial charge in [-0.05, 0) is 37.8 Å². The number of rotatable bonds is 5. The molecular weight excluding hydrogens is 286 g/mol. The monoisotopic (exact) mass is 309 g/mol. The standard InChI is InChI=1S/C16H23NO3S/c1-12(2)8-15-9-14(11-18)10-17(15)21(19,20)16-6-4-13(3)5-7-16/h4-7,11-12,14-15H,8-10H2,1-3H3/t14-,15-/m0/s1. The van der Waals surface area contributed by atoms with Crippen molar-refractivity contribution in [1.82, 2.24) is 4.31 Å². The normalized spacial score (nSPS) is 23.6. The van der Waals surface area contributed by atoms with E-state index in [-0.39, 0.29) is 12.0 Å². The highest BCUT2D eigenvalue weighted by Crippen LogP contribution is 2.32. The molecule has 0 radical (unpaired) electrons. The number of sulfonamides is 1. The van der Waals surface area contributed by atoms with E-state index in [0.29, 0.717) is 23.8 Å². The van der Waals surface area contributed by atoms with Gasteiger partial charge < -0.3 is 4.79 Å². The van der Waals surface area contributed by atoms with Crippen molar-refractivity contribution < 1.29 is 13.2 Å². The van der Waals surface area contributed by atoms with E-state index in [4.69, 9.17) is 0 Å². The third-order valence-corrected chi connectivity index (χ3v) is 5.89. The summed E-state index contributed by atoms with van der Waals surface area (Å²) in [5, 5.41) is 0. The first-order chi connectivity index (χ1) is 9.84. The summed E-state index contributed by atoms with van der Waals surface area (Å²) in [6, 6.07) is 6.82. The average molecular weight is 309 g/mol. The first kappa shape index (κ1) is 16.2. The molecule has 0 aliphatic carbocycles. The summed E-state index contributed by atoms with van der Waals surface area (Å²) in [4.78, 5) is 11.4. The van der Waals surface area contributed by atoms with Gasteiger partial charge in [0.15, 0.2) is 0 Å². The van der Waals surface area contributed by atoms with Crippen LogP contribution in [0.15, 0.2) is 29.2 Å². The average Bonchev–Trinajstić information content (AvgIpc) is 2.82.